The molecule has 2 aliphatic heterocycles. The molecule has 162 valence electrons. The molecule has 2 atom stereocenters. The van der Waals surface area contributed by atoms with Gasteiger partial charge in [0.15, 0.2) is 0 Å². The number of hydrogen-bond acceptors (Lipinski definition) is 6. The SMILES string of the molecule is CC1CCCN(c2ccc(Nc3ncc(C(F)(F)F)c(N4CC[C@H](O)C4)n3)cc2)C1. The van der Waals surface area contributed by atoms with Gasteiger partial charge in [-0.1, -0.05) is 6.92 Å². The molecule has 2 saturated heterocycles. The third kappa shape index (κ3) is 4.61. The zero-order chi connectivity index (χ0) is 21.3. The van der Waals surface area contributed by atoms with Gasteiger partial charge >= 0.3 is 6.18 Å². The van der Waals surface area contributed by atoms with E-state index in [1.165, 1.54) is 17.7 Å². The third-order valence-corrected chi connectivity index (χ3v) is 5.68. The molecule has 2 N–H and O–H groups in total. The van der Waals surface area contributed by atoms with Crippen LogP contribution in [-0.4, -0.2) is 47.4 Å². The molecule has 1 unspecified atom stereocenters. The minimum Gasteiger partial charge on any atom is -0.391 e. The molecule has 6 nitrogen and oxygen atoms in total. The Bertz CT molecular complexity index is 874. The van der Waals surface area contributed by atoms with Gasteiger partial charge in [0.25, 0.3) is 0 Å². The molecule has 0 spiro atoms. The highest BCUT2D eigenvalue weighted by atomic mass is 19.4. The van der Waals surface area contributed by atoms with Gasteiger partial charge in [-0.25, -0.2) is 4.98 Å². The lowest BCUT2D eigenvalue weighted by Gasteiger charge is -2.32. The van der Waals surface area contributed by atoms with Crippen LogP contribution in [0.4, 0.5) is 36.3 Å². The van der Waals surface area contributed by atoms with Gasteiger partial charge < -0.3 is 20.2 Å². The fourth-order valence-corrected chi connectivity index (χ4v) is 4.12. The summed E-state index contributed by atoms with van der Waals surface area (Å²) in [7, 11) is 0. The summed E-state index contributed by atoms with van der Waals surface area (Å²) in [4.78, 5) is 11.8. The Labute approximate surface area is 173 Å². The van der Waals surface area contributed by atoms with Crippen LogP contribution < -0.4 is 15.1 Å². The second-order valence-corrected chi connectivity index (χ2v) is 8.18. The van der Waals surface area contributed by atoms with Crippen LogP contribution in [0.2, 0.25) is 0 Å². The lowest BCUT2D eigenvalue weighted by molar-refractivity contribution is -0.137. The van der Waals surface area contributed by atoms with Gasteiger partial charge in [-0.3, -0.25) is 0 Å². The molecular formula is C21H26F3N5O. The largest absolute Gasteiger partial charge is 0.421 e. The van der Waals surface area contributed by atoms with Gasteiger partial charge in [-0.2, -0.15) is 18.2 Å². The molecular weight excluding hydrogens is 395 g/mol. The van der Waals surface area contributed by atoms with E-state index < -0.39 is 17.8 Å². The number of halogens is 3. The number of hydrogen-bond donors (Lipinski definition) is 2. The molecule has 3 heterocycles. The molecule has 1 aromatic carbocycles. The quantitative estimate of drug-likeness (QED) is 0.777. The van der Waals surface area contributed by atoms with Gasteiger partial charge in [0.05, 0.1) is 6.10 Å². The van der Waals surface area contributed by atoms with Crippen LogP contribution in [0.1, 0.15) is 31.7 Å². The Morgan fingerprint density at radius 1 is 1.07 bits per heavy atom. The molecule has 1 aromatic heterocycles. The standard InChI is InChI=1S/C21H26F3N5O/c1-14-3-2-9-28(12-14)16-6-4-15(5-7-16)26-20-25-11-18(21(22,23)24)19(27-20)29-10-8-17(30)13-29/h4-7,11,14,17,30H,2-3,8-10,12-13H2,1H3,(H,25,26,27)/t14?,17-/m0/s1. The van der Waals surface area contributed by atoms with Crippen molar-refractivity contribution >= 4 is 23.1 Å². The highest BCUT2D eigenvalue weighted by Gasteiger charge is 2.38. The summed E-state index contributed by atoms with van der Waals surface area (Å²) in [6.45, 7) is 4.76. The number of nitrogens with one attached hydrogen (secondary N) is 1. The molecule has 0 amide bonds. The number of β-amino-alcohol motifs (C(OH)–C–C–N with tert-alkyl or cyclic N) is 1. The topological polar surface area (TPSA) is 64.5 Å². The fraction of sp³-hybridized carbons (Fsp3) is 0.524. The Morgan fingerprint density at radius 3 is 2.47 bits per heavy atom. The highest BCUT2D eigenvalue weighted by molar-refractivity contribution is 5.61. The summed E-state index contributed by atoms with van der Waals surface area (Å²) >= 11 is 0. The minimum absolute atomic E-state index is 0.0961. The maximum Gasteiger partial charge on any atom is 0.421 e. The van der Waals surface area contributed by atoms with Gasteiger partial charge in [-0.05, 0) is 49.4 Å². The molecule has 0 aliphatic carbocycles. The van der Waals surface area contributed by atoms with E-state index in [1.807, 2.05) is 24.3 Å². The lowest BCUT2D eigenvalue weighted by atomic mass is 10.00. The number of anilines is 4. The van der Waals surface area contributed by atoms with E-state index >= 15 is 0 Å². The van der Waals surface area contributed by atoms with E-state index in [4.69, 9.17) is 0 Å². The molecule has 2 aliphatic rings. The number of aliphatic hydroxyl groups is 1. The van der Waals surface area contributed by atoms with Crippen LogP contribution in [0, 0.1) is 5.92 Å². The smallest absolute Gasteiger partial charge is 0.391 e. The first-order valence-electron chi connectivity index (χ1n) is 10.3. The van der Waals surface area contributed by atoms with Gasteiger partial charge in [0.2, 0.25) is 5.95 Å². The zero-order valence-electron chi connectivity index (χ0n) is 16.9. The first kappa shape index (κ1) is 20.7. The molecule has 2 fully saturated rings. The number of benzene rings is 1. The normalized spacial score (nSPS) is 22.4. The number of aromatic nitrogens is 2. The second-order valence-electron chi connectivity index (χ2n) is 8.18. The number of piperidine rings is 1. The Morgan fingerprint density at radius 2 is 1.83 bits per heavy atom. The maximum atomic E-state index is 13.4. The summed E-state index contributed by atoms with van der Waals surface area (Å²) in [5, 5.41) is 12.7. The summed E-state index contributed by atoms with van der Waals surface area (Å²) in [5.74, 6) is 0.564. The lowest BCUT2D eigenvalue weighted by Crippen LogP contribution is -2.34. The highest BCUT2D eigenvalue weighted by Crippen LogP contribution is 2.37. The molecule has 2 aromatic rings. The van der Waals surface area contributed by atoms with Crippen molar-refractivity contribution in [3.63, 3.8) is 0 Å². The van der Waals surface area contributed by atoms with E-state index in [0.29, 0.717) is 24.6 Å². The molecule has 30 heavy (non-hydrogen) atoms. The average Bonchev–Trinajstić information content (AvgIpc) is 3.14. The van der Waals surface area contributed by atoms with E-state index in [9.17, 15) is 18.3 Å². The second kappa shape index (κ2) is 8.29. The Kier molecular flexibility index (Phi) is 5.73. The molecule has 0 saturated carbocycles. The van der Waals surface area contributed by atoms with E-state index in [0.717, 1.165) is 25.0 Å². The predicted molar refractivity (Wildman–Crippen MR) is 110 cm³/mol. The first-order chi connectivity index (χ1) is 14.3. The van der Waals surface area contributed by atoms with Crippen LogP contribution in [0.25, 0.3) is 0 Å². The number of rotatable bonds is 4. The van der Waals surface area contributed by atoms with Crippen molar-refractivity contribution in [3.05, 3.63) is 36.0 Å². The van der Waals surface area contributed by atoms with E-state index in [-0.39, 0.29) is 18.3 Å². The van der Waals surface area contributed by atoms with Crippen molar-refractivity contribution in [1.29, 1.82) is 0 Å². The van der Waals surface area contributed by atoms with E-state index in [1.54, 1.807) is 0 Å². The van der Waals surface area contributed by atoms with Crippen molar-refractivity contribution in [1.82, 2.24) is 9.97 Å². The van der Waals surface area contributed by atoms with Gasteiger partial charge in [0, 0.05) is 43.8 Å². The van der Waals surface area contributed by atoms with Crippen LogP contribution in [0.5, 0.6) is 0 Å². The molecule has 4 rings (SSSR count). The summed E-state index contributed by atoms with van der Waals surface area (Å²) in [5.41, 5.74) is 0.944. The van der Waals surface area contributed by atoms with E-state index in [2.05, 4.69) is 27.1 Å². The Hall–Kier alpha value is -2.55. The van der Waals surface area contributed by atoms with Crippen molar-refractivity contribution in [2.24, 2.45) is 5.92 Å². The molecule has 0 bridgehead atoms. The van der Waals surface area contributed by atoms with Crippen LogP contribution in [-0.2, 0) is 6.18 Å². The van der Waals surface area contributed by atoms with Gasteiger partial charge in [-0.15, -0.1) is 0 Å². The first-order valence-corrected chi connectivity index (χ1v) is 10.3. The summed E-state index contributed by atoms with van der Waals surface area (Å²) in [6.07, 6.45) is -1.57. The fourth-order valence-electron chi connectivity index (χ4n) is 4.12. The van der Waals surface area contributed by atoms with Gasteiger partial charge in [0.1, 0.15) is 11.4 Å². The number of nitrogens with zero attached hydrogens (tertiary/aromatic N) is 4. The minimum atomic E-state index is -4.56. The monoisotopic (exact) mass is 421 g/mol. The van der Waals surface area contributed by atoms with Crippen molar-refractivity contribution < 1.29 is 18.3 Å². The van der Waals surface area contributed by atoms with Crippen molar-refractivity contribution in [2.45, 2.75) is 38.5 Å². The number of aliphatic hydroxyl groups excluding tert-OH is 1. The van der Waals surface area contributed by atoms with Crippen LogP contribution >= 0.6 is 0 Å². The number of alkyl halides is 3. The van der Waals surface area contributed by atoms with Crippen molar-refractivity contribution in [3.8, 4) is 0 Å². The summed E-state index contributed by atoms with van der Waals surface area (Å²) in [6, 6.07) is 7.77. The van der Waals surface area contributed by atoms with Crippen molar-refractivity contribution in [2.75, 3.05) is 41.3 Å². The Balaban J connectivity index is 1.53. The summed E-state index contributed by atoms with van der Waals surface area (Å²) < 4.78 is 40.2. The van der Waals surface area contributed by atoms with Crippen LogP contribution in [0.15, 0.2) is 30.5 Å². The predicted octanol–water partition coefficient (Wildman–Crippen LogP) is 4.05. The maximum absolute atomic E-state index is 13.4. The molecule has 9 heteroatoms. The third-order valence-electron chi connectivity index (χ3n) is 5.68. The molecule has 0 radical (unpaired) electrons. The average molecular weight is 421 g/mol. The van der Waals surface area contributed by atoms with Crippen LogP contribution in [0.3, 0.4) is 0 Å². The zero-order valence-corrected chi connectivity index (χ0v) is 16.9.